The van der Waals surface area contributed by atoms with Crippen LogP contribution in [-0.4, -0.2) is 31.4 Å². The lowest BCUT2D eigenvalue weighted by Gasteiger charge is -2.19. The normalized spacial score (nSPS) is 12.7. The van der Waals surface area contributed by atoms with Crippen LogP contribution in [-0.2, 0) is 4.79 Å². The summed E-state index contributed by atoms with van der Waals surface area (Å²) in [6.07, 6.45) is 0. The zero-order valence-electron chi connectivity index (χ0n) is 15.7. The second-order valence-electron chi connectivity index (χ2n) is 6.56. The molecule has 29 heavy (non-hydrogen) atoms. The van der Waals surface area contributed by atoms with Crippen molar-refractivity contribution in [1.82, 2.24) is 0 Å². The smallest absolute Gasteiger partial charge is 0.266 e. The Bertz CT molecular complexity index is 1040. The molecule has 0 saturated carbocycles. The van der Waals surface area contributed by atoms with E-state index in [0.29, 0.717) is 28.3 Å². The minimum atomic E-state index is -0.348. The number of carbonyl (C=O) groups excluding carboxylic acids is 3. The molecular formula is C23H18N2O4. The van der Waals surface area contributed by atoms with Gasteiger partial charge in [-0.25, -0.2) is 4.90 Å². The fourth-order valence-corrected chi connectivity index (χ4v) is 3.15. The summed E-state index contributed by atoms with van der Waals surface area (Å²) in [5.41, 5.74) is 1.88. The molecule has 0 saturated heterocycles. The van der Waals surface area contributed by atoms with E-state index in [4.69, 9.17) is 4.74 Å². The fourth-order valence-electron chi connectivity index (χ4n) is 3.15. The number of nitrogens with zero attached hydrogens (tertiary/aromatic N) is 2. The lowest BCUT2D eigenvalue weighted by atomic mass is 10.1. The molecule has 0 N–H and O–H groups in total. The standard InChI is InChI=1S/C23H18N2O4/c1-24(21(26)15-29-18-7-3-2-4-8-18)16-11-13-17(14-12-16)25-22(27)19-9-5-6-10-20(19)23(25)28/h2-14H,15H2,1H3. The number of ether oxygens (including phenoxy) is 1. The maximum atomic E-state index is 12.6. The first-order chi connectivity index (χ1) is 14.1. The highest BCUT2D eigenvalue weighted by Crippen LogP contribution is 2.29. The number of rotatable bonds is 5. The van der Waals surface area contributed by atoms with E-state index >= 15 is 0 Å². The molecule has 6 heteroatoms. The summed E-state index contributed by atoms with van der Waals surface area (Å²) in [5, 5.41) is 0. The van der Waals surface area contributed by atoms with Gasteiger partial charge in [0.15, 0.2) is 6.61 Å². The lowest BCUT2D eigenvalue weighted by Crippen LogP contribution is -2.31. The summed E-state index contributed by atoms with van der Waals surface area (Å²) in [6, 6.07) is 22.5. The van der Waals surface area contributed by atoms with Crippen LogP contribution in [0.15, 0.2) is 78.9 Å². The molecule has 1 aliphatic heterocycles. The van der Waals surface area contributed by atoms with Crippen LogP contribution in [0, 0.1) is 0 Å². The van der Waals surface area contributed by atoms with Gasteiger partial charge in [-0.05, 0) is 48.5 Å². The molecule has 1 aliphatic rings. The highest BCUT2D eigenvalue weighted by molar-refractivity contribution is 6.34. The third-order valence-corrected chi connectivity index (χ3v) is 4.77. The molecule has 0 radical (unpaired) electrons. The van der Waals surface area contributed by atoms with Crippen molar-refractivity contribution in [2.75, 3.05) is 23.5 Å². The van der Waals surface area contributed by atoms with E-state index in [1.807, 2.05) is 18.2 Å². The molecule has 6 nitrogen and oxygen atoms in total. The average Bonchev–Trinajstić information content (AvgIpc) is 3.03. The van der Waals surface area contributed by atoms with E-state index < -0.39 is 0 Å². The highest BCUT2D eigenvalue weighted by Gasteiger charge is 2.36. The number of benzene rings is 3. The van der Waals surface area contributed by atoms with E-state index in [0.717, 1.165) is 4.90 Å². The van der Waals surface area contributed by atoms with Gasteiger partial charge in [-0.1, -0.05) is 30.3 Å². The van der Waals surface area contributed by atoms with Gasteiger partial charge in [-0.3, -0.25) is 14.4 Å². The number of fused-ring (bicyclic) bond motifs is 1. The van der Waals surface area contributed by atoms with E-state index in [2.05, 4.69) is 0 Å². The van der Waals surface area contributed by atoms with E-state index in [-0.39, 0.29) is 24.3 Å². The van der Waals surface area contributed by atoms with Crippen LogP contribution in [0.3, 0.4) is 0 Å². The van der Waals surface area contributed by atoms with Crippen LogP contribution >= 0.6 is 0 Å². The molecule has 0 atom stereocenters. The Morgan fingerprint density at radius 1 is 0.828 bits per heavy atom. The quantitative estimate of drug-likeness (QED) is 0.629. The lowest BCUT2D eigenvalue weighted by molar-refractivity contribution is -0.120. The average molecular weight is 386 g/mol. The first-order valence-corrected chi connectivity index (χ1v) is 9.08. The molecule has 1 heterocycles. The zero-order chi connectivity index (χ0) is 20.4. The number of hydrogen-bond acceptors (Lipinski definition) is 4. The van der Waals surface area contributed by atoms with Gasteiger partial charge in [0, 0.05) is 12.7 Å². The molecule has 0 fully saturated rings. The van der Waals surface area contributed by atoms with E-state index in [1.54, 1.807) is 67.7 Å². The Morgan fingerprint density at radius 2 is 1.38 bits per heavy atom. The van der Waals surface area contributed by atoms with Gasteiger partial charge in [0.25, 0.3) is 17.7 Å². The molecule has 0 unspecified atom stereocenters. The minimum Gasteiger partial charge on any atom is -0.484 e. The molecule has 0 bridgehead atoms. The van der Waals surface area contributed by atoms with Gasteiger partial charge in [0.1, 0.15) is 5.75 Å². The van der Waals surface area contributed by atoms with E-state index in [9.17, 15) is 14.4 Å². The largest absolute Gasteiger partial charge is 0.484 e. The number of amides is 3. The van der Waals surface area contributed by atoms with Crippen molar-refractivity contribution >= 4 is 29.1 Å². The SMILES string of the molecule is CN(C(=O)COc1ccccc1)c1ccc(N2C(=O)c3ccccc3C2=O)cc1. The van der Waals surface area contributed by atoms with Crippen LogP contribution in [0.1, 0.15) is 20.7 Å². The minimum absolute atomic E-state index is 0.0966. The molecule has 144 valence electrons. The molecular weight excluding hydrogens is 368 g/mol. The number of carbonyl (C=O) groups is 3. The van der Waals surface area contributed by atoms with Crippen molar-refractivity contribution in [3.63, 3.8) is 0 Å². The monoisotopic (exact) mass is 386 g/mol. The summed E-state index contributed by atoms with van der Waals surface area (Å²) >= 11 is 0. The van der Waals surface area contributed by atoms with Crippen molar-refractivity contribution in [2.45, 2.75) is 0 Å². The Balaban J connectivity index is 1.46. The van der Waals surface area contributed by atoms with E-state index in [1.165, 1.54) is 4.90 Å². The van der Waals surface area contributed by atoms with Gasteiger partial charge in [-0.2, -0.15) is 0 Å². The van der Waals surface area contributed by atoms with Crippen molar-refractivity contribution in [3.05, 3.63) is 90.0 Å². The number of para-hydroxylation sites is 1. The fraction of sp³-hybridized carbons (Fsp3) is 0.0870. The van der Waals surface area contributed by atoms with Gasteiger partial charge in [0.2, 0.25) is 0 Å². The summed E-state index contributed by atoms with van der Waals surface area (Å²) in [7, 11) is 1.65. The van der Waals surface area contributed by atoms with Crippen LogP contribution in [0.4, 0.5) is 11.4 Å². The number of anilines is 2. The summed E-state index contributed by atoms with van der Waals surface area (Å²) in [6.45, 7) is -0.0966. The zero-order valence-corrected chi connectivity index (χ0v) is 15.7. The summed E-state index contributed by atoms with van der Waals surface area (Å²) < 4.78 is 5.49. The topological polar surface area (TPSA) is 66.9 Å². The van der Waals surface area contributed by atoms with Crippen LogP contribution in [0.5, 0.6) is 5.75 Å². The molecule has 3 amide bonds. The van der Waals surface area contributed by atoms with Gasteiger partial charge < -0.3 is 9.64 Å². The molecule has 0 aliphatic carbocycles. The number of imide groups is 1. The van der Waals surface area contributed by atoms with Crippen molar-refractivity contribution in [1.29, 1.82) is 0 Å². The van der Waals surface area contributed by atoms with Crippen LogP contribution < -0.4 is 14.5 Å². The Morgan fingerprint density at radius 3 is 1.97 bits per heavy atom. The number of hydrogen-bond donors (Lipinski definition) is 0. The number of likely N-dealkylation sites (N-methyl/N-ethyl adjacent to an activating group) is 1. The van der Waals surface area contributed by atoms with Gasteiger partial charge >= 0.3 is 0 Å². The first-order valence-electron chi connectivity index (χ1n) is 9.08. The molecule has 4 rings (SSSR count). The highest BCUT2D eigenvalue weighted by atomic mass is 16.5. The van der Waals surface area contributed by atoms with Gasteiger partial charge in [0.05, 0.1) is 16.8 Å². The maximum Gasteiger partial charge on any atom is 0.266 e. The maximum absolute atomic E-state index is 12.6. The molecule has 3 aromatic carbocycles. The second-order valence-corrected chi connectivity index (χ2v) is 6.56. The Kier molecular flexibility index (Phi) is 4.83. The Hall–Kier alpha value is -3.93. The van der Waals surface area contributed by atoms with Crippen molar-refractivity contribution < 1.29 is 19.1 Å². The Labute approximate surface area is 167 Å². The van der Waals surface area contributed by atoms with Crippen molar-refractivity contribution in [2.24, 2.45) is 0 Å². The van der Waals surface area contributed by atoms with Crippen molar-refractivity contribution in [3.8, 4) is 5.75 Å². The third-order valence-electron chi connectivity index (χ3n) is 4.77. The first kappa shape index (κ1) is 18.4. The summed E-state index contributed by atoms with van der Waals surface area (Å²) in [5.74, 6) is -0.296. The van der Waals surface area contributed by atoms with Crippen LogP contribution in [0.25, 0.3) is 0 Å². The van der Waals surface area contributed by atoms with Gasteiger partial charge in [-0.15, -0.1) is 0 Å². The molecule has 0 aromatic heterocycles. The molecule has 0 spiro atoms. The summed E-state index contributed by atoms with van der Waals surface area (Å²) in [4.78, 5) is 40.2. The molecule has 3 aromatic rings. The second kappa shape index (κ2) is 7.59. The third kappa shape index (κ3) is 3.48. The predicted octanol–water partition coefficient (Wildman–Crippen LogP) is 3.53. The van der Waals surface area contributed by atoms with Crippen LogP contribution in [0.2, 0.25) is 0 Å². The predicted molar refractivity (Wildman–Crippen MR) is 109 cm³/mol.